The first-order valence-corrected chi connectivity index (χ1v) is 16.6. The van der Waals surface area contributed by atoms with Crippen LogP contribution in [0.4, 0.5) is 4.79 Å². The van der Waals surface area contributed by atoms with Crippen molar-refractivity contribution in [2.24, 2.45) is 23.5 Å². The number of aromatic nitrogens is 1. The average Bonchev–Trinajstić information content (AvgIpc) is 2.94. The van der Waals surface area contributed by atoms with Gasteiger partial charge in [-0.3, -0.25) is 19.3 Å². The molecule has 0 aliphatic rings. The third-order valence-electron chi connectivity index (χ3n) is 7.12. The molecule has 1 heterocycles. The lowest BCUT2D eigenvalue weighted by Crippen LogP contribution is -2.60. The highest BCUT2D eigenvalue weighted by molar-refractivity contribution is 8.76. The molecule has 0 radical (unpaired) electrons. The molecule has 42 heavy (non-hydrogen) atoms. The van der Waals surface area contributed by atoms with Crippen LogP contribution in [0.1, 0.15) is 54.4 Å². The summed E-state index contributed by atoms with van der Waals surface area (Å²) in [7, 11) is 7.67. The predicted octanol–water partition coefficient (Wildman–Crippen LogP) is 3.82. The number of nitrogens with one attached hydrogen (secondary N) is 1. The number of nitrogens with zero attached hydrogens (tertiary/aromatic N) is 3. The molecule has 0 saturated heterocycles. The molecule has 0 fully saturated rings. The van der Waals surface area contributed by atoms with Crippen LogP contribution < -0.4 is 11.1 Å². The van der Waals surface area contributed by atoms with Gasteiger partial charge in [0.2, 0.25) is 17.7 Å². The fourth-order valence-corrected chi connectivity index (χ4v) is 6.41. The van der Waals surface area contributed by atoms with Crippen LogP contribution in [0.2, 0.25) is 0 Å². The van der Waals surface area contributed by atoms with Crippen molar-refractivity contribution >= 4 is 45.4 Å². The first-order chi connectivity index (χ1) is 19.8. The smallest absolute Gasteiger partial charge is 0.410 e. The Labute approximate surface area is 258 Å². The molecule has 0 aliphatic carbocycles. The molecule has 0 aliphatic heterocycles. The van der Waals surface area contributed by atoms with E-state index in [-0.39, 0.29) is 36.7 Å². The first kappa shape index (κ1) is 37.5. The first-order valence-electron chi connectivity index (χ1n) is 14.2. The Balaban J connectivity index is 2.95. The van der Waals surface area contributed by atoms with Crippen LogP contribution in [0.15, 0.2) is 29.4 Å². The van der Waals surface area contributed by atoms with Gasteiger partial charge in [-0.1, -0.05) is 64.8 Å². The minimum absolute atomic E-state index is 0.00315. The minimum Gasteiger partial charge on any atom is -0.448 e. The Morgan fingerprint density at radius 2 is 1.71 bits per heavy atom. The molecule has 1 unspecified atom stereocenters. The summed E-state index contributed by atoms with van der Waals surface area (Å²) in [6.07, 6.45) is 1.20. The van der Waals surface area contributed by atoms with E-state index in [1.165, 1.54) is 40.6 Å². The van der Waals surface area contributed by atoms with Crippen molar-refractivity contribution < 1.29 is 28.7 Å². The summed E-state index contributed by atoms with van der Waals surface area (Å²) in [4.78, 5) is 59.0. The molecule has 11 nitrogen and oxygen atoms in total. The zero-order valence-electron chi connectivity index (χ0n) is 26.4. The maximum absolute atomic E-state index is 13.8. The van der Waals surface area contributed by atoms with E-state index in [0.717, 1.165) is 11.4 Å². The molecule has 13 heteroatoms. The van der Waals surface area contributed by atoms with E-state index in [1.807, 2.05) is 59.7 Å². The Hall–Kier alpha value is -2.51. The van der Waals surface area contributed by atoms with Gasteiger partial charge in [-0.05, 0) is 40.7 Å². The molecule has 0 saturated carbocycles. The SMILES string of the molecule is CC[C@H](C)[C@@H](C(CC(N)=O)OC)N(C)C(=O)[C@@H](NC(=O)[C@H](C(C)C)N(C)C(=O)OCCSSc1ccccn1)C(C)C. The van der Waals surface area contributed by atoms with Crippen molar-refractivity contribution in [1.29, 1.82) is 0 Å². The third-order valence-corrected chi connectivity index (χ3v) is 9.35. The van der Waals surface area contributed by atoms with Crippen LogP contribution in [-0.4, -0.2) is 96.4 Å². The summed E-state index contributed by atoms with van der Waals surface area (Å²) in [5.41, 5.74) is 5.46. The highest BCUT2D eigenvalue weighted by Crippen LogP contribution is 2.28. The molecule has 1 aromatic rings. The Morgan fingerprint density at radius 3 is 2.21 bits per heavy atom. The van der Waals surface area contributed by atoms with E-state index in [0.29, 0.717) is 5.75 Å². The van der Waals surface area contributed by atoms with Gasteiger partial charge in [0.25, 0.3) is 0 Å². The van der Waals surface area contributed by atoms with Crippen molar-refractivity contribution in [2.45, 2.75) is 83.6 Å². The van der Waals surface area contributed by atoms with Gasteiger partial charge >= 0.3 is 6.09 Å². The van der Waals surface area contributed by atoms with Crippen LogP contribution in [0.25, 0.3) is 0 Å². The molecule has 4 amide bonds. The number of nitrogens with two attached hydrogens (primary N) is 1. The standard InChI is InChI=1S/C29H49N5O6S2/c1-10-20(6)26(21(39-9)17-22(30)35)33(7)28(37)24(18(2)3)32-27(36)25(19(4)5)34(8)29(38)40-15-16-41-42-23-13-11-12-14-31-23/h11-14,18-21,24-26H,10,15-17H2,1-9H3,(H2,30,35)(H,32,36)/t20-,21?,24-,25-,26-/m0/s1. The van der Waals surface area contributed by atoms with Crippen molar-refractivity contribution in [3.05, 3.63) is 24.4 Å². The summed E-state index contributed by atoms with van der Waals surface area (Å²) in [5.74, 6) is -1.25. The van der Waals surface area contributed by atoms with Gasteiger partial charge < -0.3 is 25.4 Å². The Morgan fingerprint density at radius 1 is 1.05 bits per heavy atom. The number of hydrogen-bond acceptors (Lipinski definition) is 9. The Bertz CT molecular complexity index is 1000. The maximum Gasteiger partial charge on any atom is 0.410 e. The molecular formula is C29H49N5O6S2. The number of carbonyl (C=O) groups is 4. The van der Waals surface area contributed by atoms with Gasteiger partial charge in [-0.15, -0.1) is 0 Å². The maximum atomic E-state index is 13.8. The number of amides is 4. The number of ether oxygens (including phenoxy) is 2. The second kappa shape index (κ2) is 18.9. The van der Waals surface area contributed by atoms with Gasteiger partial charge in [-0.2, -0.15) is 0 Å². The summed E-state index contributed by atoms with van der Waals surface area (Å²) < 4.78 is 11.0. The lowest BCUT2D eigenvalue weighted by Gasteiger charge is -2.40. The van der Waals surface area contributed by atoms with Gasteiger partial charge in [0.15, 0.2) is 0 Å². The van der Waals surface area contributed by atoms with E-state index in [9.17, 15) is 19.2 Å². The number of rotatable bonds is 18. The van der Waals surface area contributed by atoms with Gasteiger partial charge in [0, 0.05) is 33.2 Å². The van der Waals surface area contributed by atoms with Crippen molar-refractivity contribution in [2.75, 3.05) is 33.6 Å². The average molecular weight is 628 g/mol. The molecular weight excluding hydrogens is 578 g/mol. The number of methoxy groups -OCH3 is 1. The van der Waals surface area contributed by atoms with Crippen LogP contribution in [0.5, 0.6) is 0 Å². The fraction of sp³-hybridized carbons (Fsp3) is 0.690. The molecule has 0 spiro atoms. The van der Waals surface area contributed by atoms with Gasteiger partial charge in [0.05, 0.1) is 18.6 Å². The van der Waals surface area contributed by atoms with E-state index >= 15 is 0 Å². The van der Waals surface area contributed by atoms with Gasteiger partial charge in [0.1, 0.15) is 23.7 Å². The zero-order chi connectivity index (χ0) is 32.0. The number of likely N-dealkylation sites (N-methyl/N-ethyl adjacent to an activating group) is 2. The van der Waals surface area contributed by atoms with Crippen molar-refractivity contribution in [3.8, 4) is 0 Å². The van der Waals surface area contributed by atoms with Crippen molar-refractivity contribution in [1.82, 2.24) is 20.1 Å². The normalized spacial score (nSPS) is 14.9. The lowest BCUT2D eigenvalue weighted by atomic mass is 9.89. The summed E-state index contributed by atoms with van der Waals surface area (Å²) in [5, 5.41) is 3.76. The topological polar surface area (TPSA) is 144 Å². The zero-order valence-corrected chi connectivity index (χ0v) is 28.0. The minimum atomic E-state index is -0.870. The third kappa shape index (κ3) is 11.6. The molecule has 1 rings (SSSR count). The Kier molecular flexibility index (Phi) is 16.9. The van der Waals surface area contributed by atoms with Crippen molar-refractivity contribution in [3.63, 3.8) is 0 Å². The van der Waals surface area contributed by atoms with E-state index in [4.69, 9.17) is 15.2 Å². The number of hydrogen-bond donors (Lipinski definition) is 2. The van der Waals surface area contributed by atoms with E-state index < -0.39 is 42.1 Å². The van der Waals surface area contributed by atoms with Crippen LogP contribution in [-0.2, 0) is 23.9 Å². The second-order valence-electron chi connectivity index (χ2n) is 11.0. The molecule has 0 aromatic carbocycles. The van der Waals surface area contributed by atoms with Crippen LogP contribution in [0, 0.1) is 17.8 Å². The summed E-state index contributed by atoms with van der Waals surface area (Å²) in [6, 6.07) is 3.48. The molecule has 5 atom stereocenters. The molecule has 1 aromatic heterocycles. The summed E-state index contributed by atoms with van der Waals surface area (Å²) >= 11 is 0. The lowest BCUT2D eigenvalue weighted by molar-refractivity contribution is -0.144. The number of primary amides is 1. The number of pyridine rings is 1. The monoisotopic (exact) mass is 627 g/mol. The quantitative estimate of drug-likeness (QED) is 0.183. The van der Waals surface area contributed by atoms with Crippen LogP contribution >= 0.6 is 21.6 Å². The predicted molar refractivity (Wildman–Crippen MR) is 168 cm³/mol. The van der Waals surface area contributed by atoms with Gasteiger partial charge in [-0.25, -0.2) is 9.78 Å². The second-order valence-corrected chi connectivity index (χ2v) is 13.4. The van der Waals surface area contributed by atoms with Crippen LogP contribution in [0.3, 0.4) is 0 Å². The largest absolute Gasteiger partial charge is 0.448 e. The summed E-state index contributed by atoms with van der Waals surface area (Å²) in [6.45, 7) is 11.5. The number of carbonyl (C=O) groups excluding carboxylic acids is 4. The molecule has 238 valence electrons. The highest BCUT2D eigenvalue weighted by atomic mass is 33.1. The molecule has 0 bridgehead atoms. The molecule has 3 N–H and O–H groups in total. The highest BCUT2D eigenvalue weighted by Gasteiger charge is 2.39. The fourth-order valence-electron chi connectivity index (χ4n) is 4.70. The van der Waals surface area contributed by atoms with E-state index in [1.54, 1.807) is 18.1 Å². The van der Waals surface area contributed by atoms with E-state index in [2.05, 4.69) is 10.3 Å².